The second-order valence-corrected chi connectivity index (χ2v) is 4.23. The molecule has 1 aromatic heterocycles. The van der Waals surface area contributed by atoms with Gasteiger partial charge in [0.15, 0.2) is 4.99 Å². The molecule has 0 saturated carbocycles. The van der Waals surface area contributed by atoms with Crippen LogP contribution in [0.5, 0.6) is 0 Å². The highest BCUT2D eigenvalue weighted by atomic mass is 32.1. The van der Waals surface area contributed by atoms with Crippen molar-refractivity contribution in [2.75, 3.05) is 10.5 Å². The standard InChI is InChI=1S/C11H11N5S/c1-8-2-3-9-10(6-8)13-14-16(11(9)17)15-5-4-12-7-15/h2-7,13-14H,1H3. The molecular weight excluding hydrogens is 234 g/mol. The van der Waals surface area contributed by atoms with Gasteiger partial charge < -0.3 is 5.43 Å². The van der Waals surface area contributed by atoms with Crippen molar-refractivity contribution in [3.8, 4) is 0 Å². The number of benzene rings is 1. The zero-order valence-corrected chi connectivity index (χ0v) is 10.0. The normalized spacial score (nSPS) is 14.4. The second kappa shape index (κ2) is 3.83. The minimum Gasteiger partial charge on any atom is -0.302 e. The quantitative estimate of drug-likeness (QED) is 0.743. The molecule has 3 rings (SSSR count). The van der Waals surface area contributed by atoms with Crippen molar-refractivity contribution in [1.82, 2.24) is 15.2 Å². The highest BCUT2D eigenvalue weighted by molar-refractivity contribution is 7.81. The van der Waals surface area contributed by atoms with E-state index in [2.05, 4.69) is 22.0 Å². The molecule has 86 valence electrons. The summed E-state index contributed by atoms with van der Waals surface area (Å²) in [6, 6.07) is 6.12. The van der Waals surface area contributed by atoms with E-state index in [0.29, 0.717) is 4.99 Å². The van der Waals surface area contributed by atoms with Crippen molar-refractivity contribution in [2.45, 2.75) is 6.92 Å². The Morgan fingerprint density at radius 3 is 3.00 bits per heavy atom. The van der Waals surface area contributed by atoms with Gasteiger partial charge in [0.2, 0.25) is 0 Å². The summed E-state index contributed by atoms with van der Waals surface area (Å²) in [5.41, 5.74) is 9.31. The summed E-state index contributed by atoms with van der Waals surface area (Å²) < 4.78 is 1.78. The predicted molar refractivity (Wildman–Crippen MR) is 70.1 cm³/mol. The molecular formula is C11H11N5S. The van der Waals surface area contributed by atoms with Crippen molar-refractivity contribution < 1.29 is 0 Å². The van der Waals surface area contributed by atoms with Crippen LogP contribution in [0.3, 0.4) is 0 Å². The number of aryl methyl sites for hydroxylation is 1. The van der Waals surface area contributed by atoms with Crippen molar-refractivity contribution >= 4 is 22.9 Å². The minimum atomic E-state index is 0.705. The van der Waals surface area contributed by atoms with Gasteiger partial charge in [-0.1, -0.05) is 18.3 Å². The van der Waals surface area contributed by atoms with E-state index in [1.807, 2.05) is 25.3 Å². The number of hydrazine groups is 2. The Hall–Kier alpha value is -1.92. The van der Waals surface area contributed by atoms with Gasteiger partial charge in [0.25, 0.3) is 0 Å². The number of hydrogen-bond acceptors (Lipinski definition) is 4. The number of nitrogens with zero attached hydrogens (tertiary/aromatic N) is 3. The van der Waals surface area contributed by atoms with Crippen molar-refractivity contribution in [3.05, 3.63) is 48.0 Å². The first-order chi connectivity index (χ1) is 8.25. The number of rotatable bonds is 1. The fourth-order valence-electron chi connectivity index (χ4n) is 1.76. The van der Waals surface area contributed by atoms with E-state index in [-0.39, 0.29) is 0 Å². The molecule has 2 N–H and O–H groups in total. The molecule has 0 bridgehead atoms. The number of anilines is 1. The van der Waals surface area contributed by atoms with E-state index in [1.54, 1.807) is 22.3 Å². The summed E-state index contributed by atoms with van der Waals surface area (Å²) in [4.78, 5) is 4.70. The van der Waals surface area contributed by atoms with Gasteiger partial charge in [0.1, 0.15) is 6.33 Å². The molecule has 0 fully saturated rings. The Morgan fingerprint density at radius 2 is 2.24 bits per heavy atom. The molecule has 0 spiro atoms. The number of thiocarbonyl (C=S) groups is 1. The first kappa shape index (κ1) is 10.2. The molecule has 0 atom stereocenters. The Balaban J connectivity index is 2.01. The van der Waals surface area contributed by atoms with Crippen molar-refractivity contribution in [3.63, 3.8) is 0 Å². The zero-order valence-electron chi connectivity index (χ0n) is 9.21. The van der Waals surface area contributed by atoms with Crippen LogP contribution >= 0.6 is 12.2 Å². The lowest BCUT2D eigenvalue weighted by molar-refractivity contribution is 0.626. The predicted octanol–water partition coefficient (Wildman–Crippen LogP) is 1.35. The average molecular weight is 245 g/mol. The molecule has 0 radical (unpaired) electrons. The smallest absolute Gasteiger partial charge is 0.150 e. The van der Waals surface area contributed by atoms with Crippen LogP contribution in [0.2, 0.25) is 0 Å². The molecule has 0 unspecified atom stereocenters. The maximum Gasteiger partial charge on any atom is 0.150 e. The lowest BCUT2D eigenvalue weighted by Crippen LogP contribution is -2.55. The van der Waals surface area contributed by atoms with E-state index >= 15 is 0 Å². The van der Waals surface area contributed by atoms with Crippen LogP contribution in [0.25, 0.3) is 0 Å². The van der Waals surface area contributed by atoms with E-state index in [4.69, 9.17) is 12.2 Å². The maximum atomic E-state index is 5.45. The summed E-state index contributed by atoms with van der Waals surface area (Å²) >= 11 is 5.45. The van der Waals surface area contributed by atoms with Gasteiger partial charge >= 0.3 is 0 Å². The van der Waals surface area contributed by atoms with Crippen LogP contribution in [0.4, 0.5) is 5.69 Å². The Kier molecular flexibility index (Phi) is 2.31. The molecule has 0 amide bonds. The third-order valence-corrected chi connectivity index (χ3v) is 3.01. The molecule has 1 aliphatic heterocycles. The fourth-order valence-corrected chi connectivity index (χ4v) is 2.08. The monoisotopic (exact) mass is 245 g/mol. The lowest BCUT2D eigenvalue weighted by Gasteiger charge is -2.32. The number of nitrogens with one attached hydrogen (secondary N) is 2. The Morgan fingerprint density at radius 1 is 1.35 bits per heavy atom. The molecule has 2 aromatic rings. The van der Waals surface area contributed by atoms with Crippen LogP contribution in [0, 0.1) is 6.92 Å². The van der Waals surface area contributed by atoms with Crippen LogP contribution in [0.15, 0.2) is 36.9 Å². The van der Waals surface area contributed by atoms with Gasteiger partial charge in [-0.15, -0.1) is 5.53 Å². The van der Waals surface area contributed by atoms with E-state index in [1.165, 1.54) is 5.56 Å². The molecule has 0 saturated heterocycles. The molecule has 1 aromatic carbocycles. The van der Waals surface area contributed by atoms with Gasteiger partial charge in [-0.25, -0.2) is 9.66 Å². The molecule has 2 heterocycles. The highest BCUT2D eigenvalue weighted by Gasteiger charge is 2.21. The van der Waals surface area contributed by atoms with Crippen LogP contribution in [-0.4, -0.2) is 14.6 Å². The van der Waals surface area contributed by atoms with Crippen molar-refractivity contribution in [1.29, 1.82) is 0 Å². The third-order valence-electron chi connectivity index (χ3n) is 2.62. The lowest BCUT2D eigenvalue weighted by atomic mass is 10.1. The molecule has 6 heteroatoms. The van der Waals surface area contributed by atoms with Crippen LogP contribution in [-0.2, 0) is 0 Å². The average Bonchev–Trinajstić information content (AvgIpc) is 2.82. The summed E-state index contributed by atoms with van der Waals surface area (Å²) in [6.45, 7) is 2.05. The van der Waals surface area contributed by atoms with Crippen LogP contribution in [0.1, 0.15) is 11.1 Å². The van der Waals surface area contributed by atoms with E-state index in [9.17, 15) is 0 Å². The Bertz CT molecular complexity index is 563. The number of imidazole rings is 1. The largest absolute Gasteiger partial charge is 0.302 e. The molecule has 0 aliphatic carbocycles. The van der Waals surface area contributed by atoms with E-state index < -0.39 is 0 Å². The van der Waals surface area contributed by atoms with Gasteiger partial charge in [0.05, 0.1) is 5.69 Å². The third kappa shape index (κ3) is 1.67. The van der Waals surface area contributed by atoms with Crippen molar-refractivity contribution in [2.24, 2.45) is 0 Å². The topological polar surface area (TPSA) is 45.1 Å². The molecule has 17 heavy (non-hydrogen) atoms. The molecule has 1 aliphatic rings. The first-order valence-corrected chi connectivity index (χ1v) is 5.61. The highest BCUT2D eigenvalue weighted by Crippen LogP contribution is 2.21. The summed E-state index contributed by atoms with van der Waals surface area (Å²) in [7, 11) is 0. The van der Waals surface area contributed by atoms with Gasteiger partial charge in [-0.3, -0.25) is 0 Å². The maximum absolute atomic E-state index is 5.45. The number of fused-ring (bicyclic) bond motifs is 1. The minimum absolute atomic E-state index is 0.705. The van der Waals surface area contributed by atoms with Gasteiger partial charge in [-0.05, 0) is 24.6 Å². The number of aromatic nitrogens is 2. The van der Waals surface area contributed by atoms with Gasteiger partial charge in [-0.2, -0.15) is 5.12 Å². The zero-order chi connectivity index (χ0) is 11.8. The first-order valence-electron chi connectivity index (χ1n) is 5.21. The SMILES string of the molecule is Cc1ccc2c(c1)NNN(n1ccnc1)C2=S. The van der Waals surface area contributed by atoms with Gasteiger partial charge in [0, 0.05) is 18.0 Å². The van der Waals surface area contributed by atoms with Crippen LogP contribution < -0.4 is 16.1 Å². The Labute approximate surface area is 104 Å². The summed E-state index contributed by atoms with van der Waals surface area (Å²) in [6.07, 6.45) is 5.20. The fraction of sp³-hybridized carbons (Fsp3) is 0.0909. The summed E-state index contributed by atoms with van der Waals surface area (Å²) in [5, 5.41) is 1.72. The second-order valence-electron chi connectivity index (χ2n) is 3.85. The van der Waals surface area contributed by atoms with E-state index in [0.717, 1.165) is 11.3 Å². The number of hydrogen-bond donors (Lipinski definition) is 2. The summed E-state index contributed by atoms with van der Waals surface area (Å²) in [5.74, 6) is 0. The molecule has 5 nitrogen and oxygen atoms in total.